The van der Waals surface area contributed by atoms with E-state index in [0.29, 0.717) is 0 Å². The van der Waals surface area contributed by atoms with E-state index >= 15 is 0 Å². The van der Waals surface area contributed by atoms with Gasteiger partial charge in [-0.15, -0.1) is 0 Å². The summed E-state index contributed by atoms with van der Waals surface area (Å²) in [6.07, 6.45) is 0. The van der Waals surface area contributed by atoms with E-state index in [4.69, 9.17) is 4.55 Å². The normalized spacial score (nSPS) is 12.5. The number of hydrogen-bond acceptors (Lipinski definition) is 5. The monoisotopic (exact) mass is 319 g/mol. The van der Waals surface area contributed by atoms with E-state index in [2.05, 4.69) is 4.74 Å². The number of ether oxygens (including phenoxy) is 1. The molecule has 0 aliphatic heterocycles. The fraction of sp³-hybridized carbons (Fsp3) is 0.333. The Balaban J connectivity index is 2.93. The molecule has 0 saturated carbocycles. The summed E-state index contributed by atoms with van der Waals surface area (Å²) >= 11 is 0. The van der Waals surface area contributed by atoms with E-state index < -0.39 is 39.6 Å². The average molecular weight is 319 g/mol. The van der Waals surface area contributed by atoms with Crippen LogP contribution in [0.4, 0.5) is 4.39 Å². The molecule has 1 rings (SSSR count). The van der Waals surface area contributed by atoms with Crippen molar-refractivity contribution >= 4 is 22.0 Å². The molecule has 21 heavy (non-hydrogen) atoms. The number of carbonyl (C=O) groups excluding carboxylic acids is 2. The summed E-state index contributed by atoms with van der Waals surface area (Å²) in [6, 6.07) is 3.34. The Morgan fingerprint density at radius 2 is 2.00 bits per heavy atom. The van der Waals surface area contributed by atoms with Gasteiger partial charge in [0.1, 0.15) is 17.6 Å². The van der Waals surface area contributed by atoms with Gasteiger partial charge in [0.05, 0.1) is 12.2 Å². The van der Waals surface area contributed by atoms with Gasteiger partial charge < -0.3 is 10.1 Å². The predicted octanol–water partition coefficient (Wildman–Crippen LogP) is 0.375. The van der Waals surface area contributed by atoms with Crippen molar-refractivity contribution in [2.24, 2.45) is 0 Å². The highest BCUT2D eigenvalue weighted by atomic mass is 32.2. The first-order chi connectivity index (χ1) is 9.74. The zero-order valence-corrected chi connectivity index (χ0v) is 11.9. The molecule has 0 unspecified atom stereocenters. The highest BCUT2D eigenvalue weighted by molar-refractivity contribution is 7.85. The molecule has 0 fully saturated rings. The Bertz CT molecular complexity index is 630. The Labute approximate surface area is 120 Å². The molecule has 0 bridgehead atoms. The third-order valence-electron chi connectivity index (χ3n) is 2.37. The molecule has 9 heteroatoms. The van der Waals surface area contributed by atoms with E-state index in [1.165, 1.54) is 25.1 Å². The molecule has 1 atom stereocenters. The number of halogens is 1. The van der Waals surface area contributed by atoms with Crippen LogP contribution in [-0.4, -0.2) is 43.2 Å². The summed E-state index contributed by atoms with van der Waals surface area (Å²) in [5, 5.41) is 2.02. The van der Waals surface area contributed by atoms with Crippen LogP contribution < -0.4 is 5.32 Å². The Hall–Kier alpha value is -2.00. The fourth-order valence-electron chi connectivity index (χ4n) is 1.50. The topological polar surface area (TPSA) is 110 Å². The molecule has 0 spiro atoms. The molecule has 1 aromatic rings. The minimum Gasteiger partial charge on any atom is -0.464 e. The molecule has 0 radical (unpaired) electrons. The zero-order valence-electron chi connectivity index (χ0n) is 11.1. The summed E-state index contributed by atoms with van der Waals surface area (Å²) < 4.78 is 48.5. The lowest BCUT2D eigenvalue weighted by Gasteiger charge is -2.16. The van der Waals surface area contributed by atoms with Gasteiger partial charge in [-0.2, -0.15) is 8.42 Å². The van der Waals surface area contributed by atoms with E-state index in [-0.39, 0.29) is 12.2 Å². The second-order valence-corrected chi connectivity index (χ2v) is 5.50. The van der Waals surface area contributed by atoms with Crippen LogP contribution in [-0.2, 0) is 19.6 Å². The van der Waals surface area contributed by atoms with Gasteiger partial charge in [0.15, 0.2) is 0 Å². The van der Waals surface area contributed by atoms with Crippen molar-refractivity contribution in [2.45, 2.75) is 13.0 Å². The van der Waals surface area contributed by atoms with Crippen molar-refractivity contribution in [3.8, 4) is 0 Å². The average Bonchev–Trinajstić information content (AvgIpc) is 2.37. The summed E-state index contributed by atoms with van der Waals surface area (Å²) in [4.78, 5) is 23.4. The second kappa shape index (κ2) is 7.14. The fourth-order valence-corrected chi connectivity index (χ4v) is 2.14. The van der Waals surface area contributed by atoms with Crippen molar-refractivity contribution in [3.05, 3.63) is 35.6 Å². The number of amides is 1. The van der Waals surface area contributed by atoms with E-state index in [0.717, 1.165) is 6.07 Å². The van der Waals surface area contributed by atoms with Crippen molar-refractivity contribution in [1.82, 2.24) is 5.32 Å². The first kappa shape index (κ1) is 17.1. The summed E-state index contributed by atoms with van der Waals surface area (Å²) in [6.45, 7) is 1.44. The van der Waals surface area contributed by atoms with Crippen molar-refractivity contribution in [1.29, 1.82) is 0 Å². The van der Waals surface area contributed by atoms with Gasteiger partial charge in [-0.1, -0.05) is 12.1 Å². The van der Waals surface area contributed by atoms with Gasteiger partial charge in [0.2, 0.25) is 0 Å². The van der Waals surface area contributed by atoms with Crippen LogP contribution in [0.2, 0.25) is 0 Å². The molecule has 0 aliphatic carbocycles. The summed E-state index contributed by atoms with van der Waals surface area (Å²) in [5.74, 6) is -3.93. The lowest BCUT2D eigenvalue weighted by molar-refractivity contribution is -0.144. The lowest BCUT2D eigenvalue weighted by atomic mass is 10.2. The summed E-state index contributed by atoms with van der Waals surface area (Å²) in [5.41, 5.74) is -0.359. The van der Waals surface area contributed by atoms with Crippen LogP contribution in [0.15, 0.2) is 24.3 Å². The highest BCUT2D eigenvalue weighted by Gasteiger charge is 2.28. The standard InChI is InChI=1S/C12H14FNO6S/c1-2-20-12(16)10(7-21(17,18)19)14-11(15)8-5-3-4-6-9(8)13/h3-6,10H,2,7H2,1H3,(H,14,15)(H,17,18,19)/t10-/m0/s1. The SMILES string of the molecule is CCOC(=O)[C@H](CS(=O)(=O)O)NC(=O)c1ccccc1F. The smallest absolute Gasteiger partial charge is 0.329 e. The Morgan fingerprint density at radius 1 is 1.38 bits per heavy atom. The van der Waals surface area contributed by atoms with Crippen LogP contribution >= 0.6 is 0 Å². The minimum absolute atomic E-state index is 0.0453. The number of rotatable bonds is 6. The zero-order chi connectivity index (χ0) is 16.0. The molecule has 0 aliphatic rings. The Morgan fingerprint density at radius 3 is 2.52 bits per heavy atom. The minimum atomic E-state index is -4.53. The molecular weight excluding hydrogens is 305 g/mol. The van der Waals surface area contributed by atoms with E-state index in [1.807, 2.05) is 5.32 Å². The lowest BCUT2D eigenvalue weighted by Crippen LogP contribution is -2.46. The number of carbonyl (C=O) groups is 2. The van der Waals surface area contributed by atoms with Crippen molar-refractivity contribution < 1.29 is 31.7 Å². The maximum Gasteiger partial charge on any atom is 0.329 e. The van der Waals surface area contributed by atoms with Crippen LogP contribution in [0.3, 0.4) is 0 Å². The maximum atomic E-state index is 13.4. The van der Waals surface area contributed by atoms with Gasteiger partial charge in [-0.3, -0.25) is 9.35 Å². The second-order valence-electron chi connectivity index (χ2n) is 4.01. The molecule has 116 valence electrons. The molecule has 0 saturated heterocycles. The molecule has 1 aromatic carbocycles. The molecule has 0 aromatic heterocycles. The third-order valence-corrected chi connectivity index (χ3v) is 3.13. The van der Waals surface area contributed by atoms with Crippen LogP contribution in [0, 0.1) is 5.82 Å². The molecular formula is C12H14FNO6S. The van der Waals surface area contributed by atoms with E-state index in [1.54, 1.807) is 0 Å². The first-order valence-corrected chi connectivity index (χ1v) is 7.52. The van der Waals surface area contributed by atoms with Crippen molar-refractivity contribution in [3.63, 3.8) is 0 Å². The summed E-state index contributed by atoms with van der Waals surface area (Å²) in [7, 11) is -4.53. The highest BCUT2D eigenvalue weighted by Crippen LogP contribution is 2.07. The number of benzene rings is 1. The van der Waals surface area contributed by atoms with Crippen molar-refractivity contribution in [2.75, 3.05) is 12.4 Å². The molecule has 2 N–H and O–H groups in total. The quantitative estimate of drug-likeness (QED) is 0.579. The first-order valence-electron chi connectivity index (χ1n) is 5.91. The predicted molar refractivity (Wildman–Crippen MR) is 70.7 cm³/mol. The van der Waals surface area contributed by atoms with Gasteiger partial charge >= 0.3 is 5.97 Å². The third kappa shape index (κ3) is 5.48. The number of hydrogen-bond donors (Lipinski definition) is 2. The van der Waals surface area contributed by atoms with Crippen LogP contribution in [0.25, 0.3) is 0 Å². The maximum absolute atomic E-state index is 13.4. The van der Waals surface area contributed by atoms with Crippen LogP contribution in [0.5, 0.6) is 0 Å². The Kier molecular flexibility index (Phi) is 5.79. The molecule has 1 amide bonds. The van der Waals surface area contributed by atoms with Crippen LogP contribution in [0.1, 0.15) is 17.3 Å². The van der Waals surface area contributed by atoms with E-state index in [9.17, 15) is 22.4 Å². The largest absolute Gasteiger partial charge is 0.464 e. The molecule has 7 nitrogen and oxygen atoms in total. The van der Waals surface area contributed by atoms with Gasteiger partial charge in [0.25, 0.3) is 16.0 Å². The number of nitrogens with one attached hydrogen (secondary N) is 1. The van der Waals surface area contributed by atoms with Gasteiger partial charge in [-0.05, 0) is 19.1 Å². The van der Waals surface area contributed by atoms with Gasteiger partial charge in [-0.25, -0.2) is 9.18 Å². The number of esters is 1. The van der Waals surface area contributed by atoms with Gasteiger partial charge in [0, 0.05) is 0 Å². The molecule has 0 heterocycles.